The van der Waals surface area contributed by atoms with E-state index < -0.39 is 73.5 Å². The van der Waals surface area contributed by atoms with Crippen LogP contribution < -0.4 is 16.4 Å². The first-order chi connectivity index (χ1) is 40.4. The molecule has 4 aromatic carbocycles. The summed E-state index contributed by atoms with van der Waals surface area (Å²) in [6, 6.07) is 27.4. The lowest BCUT2D eigenvalue weighted by atomic mass is 10.0. The molecular formula is C59H86N8O16S2. The Labute approximate surface area is 500 Å². The molecule has 0 aromatic heterocycles. The number of esters is 1. The quantitative estimate of drug-likeness (QED) is 0.0122. The lowest BCUT2D eigenvalue weighted by Crippen LogP contribution is -2.53. The van der Waals surface area contributed by atoms with Crippen molar-refractivity contribution in [3.63, 3.8) is 0 Å². The molecule has 0 unspecified atom stereocenters. The molecule has 24 nitrogen and oxygen atoms in total. The summed E-state index contributed by atoms with van der Waals surface area (Å²) in [6.45, 7) is 11.1. The van der Waals surface area contributed by atoms with Crippen LogP contribution in [0.5, 0.6) is 0 Å². The van der Waals surface area contributed by atoms with Gasteiger partial charge in [-0.25, -0.2) is 31.2 Å². The molecule has 4 aromatic rings. The molecule has 0 radical (unpaired) electrons. The SMILES string of the molecule is CC(C)CN(C[C@@H](O)[C@H](Cc1ccccc1)NC(=O)O[C@H]1CCOC1)S(=O)(=O)c1ccc([N+](=O)[O-])cc1.CC(C)CN(C[C@@H](OC(=O)COCCN(C)CCN(C)C)[C@H](Cc1ccccc1)NC(=O)O[C@H]1CCOC1)S(=O)(=O)c1ccc(N)cc1. The van der Waals surface area contributed by atoms with Crippen LogP contribution in [-0.4, -0.2) is 207 Å². The van der Waals surface area contributed by atoms with E-state index in [-0.39, 0.29) is 79.0 Å². The number of likely N-dealkylation sites (N-methyl/N-ethyl adjacent to an activating group) is 2. The van der Waals surface area contributed by atoms with Crippen LogP contribution in [0.1, 0.15) is 51.7 Å². The highest BCUT2D eigenvalue weighted by Crippen LogP contribution is 2.24. The lowest BCUT2D eigenvalue weighted by molar-refractivity contribution is -0.384. The van der Waals surface area contributed by atoms with E-state index in [1.165, 1.54) is 40.7 Å². The number of nitrogens with zero attached hydrogens (tertiary/aromatic N) is 5. The van der Waals surface area contributed by atoms with Crippen LogP contribution in [0.2, 0.25) is 0 Å². The number of hydrogen-bond donors (Lipinski definition) is 4. The van der Waals surface area contributed by atoms with Crippen LogP contribution in [0.15, 0.2) is 119 Å². The van der Waals surface area contributed by atoms with Gasteiger partial charge in [0.25, 0.3) is 5.69 Å². The normalized spacial score (nSPS) is 16.9. The number of hydrogen-bond acceptors (Lipinski definition) is 19. The summed E-state index contributed by atoms with van der Waals surface area (Å²) in [5, 5.41) is 27.7. The number of nitrogens with two attached hydrogens (primary N) is 1. The summed E-state index contributed by atoms with van der Waals surface area (Å²) in [6.07, 6.45) is -2.96. The Morgan fingerprint density at radius 1 is 0.671 bits per heavy atom. The molecule has 2 saturated heterocycles. The van der Waals surface area contributed by atoms with E-state index in [0.717, 1.165) is 40.7 Å². The molecule has 0 spiro atoms. The van der Waals surface area contributed by atoms with Gasteiger partial charge in [-0.15, -0.1) is 0 Å². The number of rotatable bonds is 32. The van der Waals surface area contributed by atoms with Gasteiger partial charge in [0, 0.05) is 69.9 Å². The molecule has 2 heterocycles. The van der Waals surface area contributed by atoms with Gasteiger partial charge in [-0.3, -0.25) is 10.1 Å². The van der Waals surface area contributed by atoms with Crippen LogP contribution >= 0.6 is 0 Å². The maximum atomic E-state index is 14.0. The van der Waals surface area contributed by atoms with Crippen LogP contribution in [0.3, 0.4) is 0 Å². The number of benzene rings is 4. The van der Waals surface area contributed by atoms with Gasteiger partial charge < -0.3 is 59.7 Å². The van der Waals surface area contributed by atoms with Crippen LogP contribution in [0.4, 0.5) is 21.0 Å². The van der Waals surface area contributed by atoms with Gasteiger partial charge in [0.2, 0.25) is 20.0 Å². The van der Waals surface area contributed by atoms with Crippen molar-refractivity contribution in [1.82, 2.24) is 29.0 Å². The molecule has 0 saturated carbocycles. The van der Waals surface area contributed by atoms with E-state index in [4.69, 9.17) is 34.2 Å². The predicted octanol–water partition coefficient (Wildman–Crippen LogP) is 5.19. The van der Waals surface area contributed by atoms with Gasteiger partial charge in [0.05, 0.1) is 72.5 Å². The first kappa shape index (κ1) is 69.4. The minimum atomic E-state index is -4.10. The first-order valence-corrected chi connectivity index (χ1v) is 31.3. The number of ether oxygens (including phenoxy) is 6. The number of anilines is 1. The van der Waals surface area contributed by atoms with Crippen molar-refractivity contribution in [2.45, 2.75) is 99.7 Å². The number of non-ortho nitro benzene ring substituents is 1. The van der Waals surface area contributed by atoms with Gasteiger partial charge in [-0.2, -0.15) is 8.61 Å². The summed E-state index contributed by atoms with van der Waals surface area (Å²) in [4.78, 5) is 53.5. The van der Waals surface area contributed by atoms with Crippen molar-refractivity contribution in [1.29, 1.82) is 0 Å². The number of aliphatic hydroxyl groups is 1. The van der Waals surface area contributed by atoms with Crippen molar-refractivity contribution < 1.29 is 69.7 Å². The third kappa shape index (κ3) is 24.2. The highest BCUT2D eigenvalue weighted by Gasteiger charge is 2.37. The number of alkyl carbamates (subject to hydrolysis) is 2. The molecule has 2 aliphatic heterocycles. The second-order valence-electron chi connectivity index (χ2n) is 22.2. The molecule has 85 heavy (non-hydrogen) atoms. The number of sulfonamides is 2. The largest absolute Gasteiger partial charge is 0.457 e. The third-order valence-electron chi connectivity index (χ3n) is 13.6. The molecule has 2 aliphatic rings. The van der Waals surface area contributed by atoms with Crippen molar-refractivity contribution in [3.8, 4) is 0 Å². The zero-order valence-electron chi connectivity index (χ0n) is 49.7. The fraction of sp³-hybridized carbons (Fsp3) is 0.542. The second-order valence-corrected chi connectivity index (χ2v) is 26.0. The molecule has 2 fully saturated rings. The molecule has 26 heteroatoms. The van der Waals surface area contributed by atoms with Gasteiger partial charge in [0.15, 0.2) is 0 Å². The van der Waals surface area contributed by atoms with Crippen molar-refractivity contribution in [2.75, 3.05) is 112 Å². The first-order valence-electron chi connectivity index (χ1n) is 28.5. The average Bonchev–Trinajstić information content (AvgIpc) is 3.57. The van der Waals surface area contributed by atoms with Gasteiger partial charge in [0.1, 0.15) is 24.9 Å². The highest BCUT2D eigenvalue weighted by molar-refractivity contribution is 7.89. The molecule has 6 rings (SSSR count). The standard InChI is InChI=1S/C34H53N5O8S.C25H33N3O8S/c1-26(2)22-39(48(42,43)30-13-11-28(35)12-14-30)23-32(47-33(40)25-45-20-18-38(5)17-16-37(3)4)31(21-27-9-7-6-8-10-27)36-34(41)46-29-15-19-44-24-29;1-18(2)15-27(37(33,34)22-10-8-20(9-11-22)28(31)32)16-24(29)23(14-19-6-4-3-5-7-19)26-25(30)36-21-12-13-35-17-21/h6-14,26,29,31-32H,15-25,35H2,1-5H3,(H,36,41);3-11,18,21,23-24,29H,12-17H2,1-2H3,(H,26,30)/t29-,31-,32+;21-,23-,24+/m00/s1. The summed E-state index contributed by atoms with van der Waals surface area (Å²) in [7, 11) is -2.17. The second kappa shape index (κ2) is 34.7. The van der Waals surface area contributed by atoms with Gasteiger partial charge in [-0.1, -0.05) is 88.4 Å². The fourth-order valence-corrected chi connectivity index (χ4v) is 12.3. The zero-order chi connectivity index (χ0) is 62.1. The summed E-state index contributed by atoms with van der Waals surface area (Å²) in [5.74, 6) is -0.818. The van der Waals surface area contributed by atoms with Crippen LogP contribution in [-0.2, 0) is 66.1 Å². The lowest BCUT2D eigenvalue weighted by Gasteiger charge is -2.33. The number of carbonyl (C=O) groups excluding carboxylic acids is 3. The monoisotopic (exact) mass is 1230 g/mol. The molecule has 2 amide bonds. The summed E-state index contributed by atoms with van der Waals surface area (Å²) >= 11 is 0. The summed E-state index contributed by atoms with van der Waals surface area (Å²) in [5.41, 5.74) is 7.72. The molecule has 0 aliphatic carbocycles. The summed E-state index contributed by atoms with van der Waals surface area (Å²) < 4.78 is 90.5. The van der Waals surface area contributed by atoms with E-state index in [1.807, 2.05) is 110 Å². The predicted molar refractivity (Wildman–Crippen MR) is 319 cm³/mol. The number of carbonyl (C=O) groups is 3. The third-order valence-corrected chi connectivity index (χ3v) is 17.3. The Balaban J connectivity index is 0.000000321. The average molecular weight is 1230 g/mol. The maximum absolute atomic E-state index is 14.0. The number of nitrogen functional groups attached to an aromatic ring is 1. The van der Waals surface area contributed by atoms with Gasteiger partial charge in [-0.05, 0) is 93.3 Å². The van der Waals surface area contributed by atoms with Crippen molar-refractivity contribution >= 4 is 49.6 Å². The number of amides is 2. The van der Waals surface area contributed by atoms with Crippen LogP contribution in [0, 0.1) is 22.0 Å². The van der Waals surface area contributed by atoms with Crippen molar-refractivity contribution in [3.05, 3.63) is 130 Å². The van der Waals surface area contributed by atoms with Crippen molar-refractivity contribution in [2.24, 2.45) is 11.8 Å². The topological polar surface area (TPSA) is 301 Å². The zero-order valence-corrected chi connectivity index (χ0v) is 51.4. The number of aliphatic hydroxyl groups excluding tert-OH is 1. The Hall–Kier alpha value is -6.33. The Bertz CT molecular complexity index is 2880. The van der Waals surface area contributed by atoms with E-state index in [2.05, 4.69) is 20.4 Å². The molecule has 0 bridgehead atoms. The van der Waals surface area contributed by atoms with E-state index in [0.29, 0.717) is 58.1 Å². The van der Waals surface area contributed by atoms with E-state index in [1.54, 1.807) is 0 Å². The Morgan fingerprint density at radius 3 is 1.60 bits per heavy atom. The maximum Gasteiger partial charge on any atom is 0.407 e. The van der Waals surface area contributed by atoms with E-state index >= 15 is 0 Å². The Morgan fingerprint density at radius 2 is 1.14 bits per heavy atom. The minimum absolute atomic E-state index is 0.0531. The Kier molecular flexibility index (Phi) is 28.4. The van der Waals surface area contributed by atoms with Gasteiger partial charge >= 0.3 is 18.2 Å². The minimum Gasteiger partial charge on any atom is -0.457 e. The van der Waals surface area contributed by atoms with E-state index in [9.17, 15) is 46.4 Å². The fourth-order valence-electron chi connectivity index (χ4n) is 9.06. The smallest absolute Gasteiger partial charge is 0.407 e. The molecule has 6 atom stereocenters. The number of nitrogens with one attached hydrogen (secondary N) is 2. The number of nitro groups is 1. The molecular weight excluding hydrogens is 1140 g/mol. The highest BCUT2D eigenvalue weighted by atomic mass is 32.2. The molecule has 470 valence electrons. The number of nitro benzene ring substituents is 1. The van der Waals surface area contributed by atoms with Crippen LogP contribution in [0.25, 0.3) is 0 Å². The molecule has 5 N–H and O–H groups in total.